The number of hydrogen-bond acceptors (Lipinski definition) is 3. The standard InChI is InChI=1S/C10H17F3N2O4/c1-2-3-14(4-5-16)9(19)15(6-8(17)18)7-10(11,12)13/h16H,2-7H2,1H3,(H,17,18). The third-order valence-electron chi connectivity index (χ3n) is 2.10. The van der Waals surface area contributed by atoms with Gasteiger partial charge in [-0.3, -0.25) is 4.79 Å². The van der Waals surface area contributed by atoms with Crippen LogP contribution in [0.25, 0.3) is 0 Å². The van der Waals surface area contributed by atoms with Crippen molar-refractivity contribution in [2.45, 2.75) is 19.5 Å². The first kappa shape index (κ1) is 17.5. The highest BCUT2D eigenvalue weighted by atomic mass is 19.4. The first-order chi connectivity index (χ1) is 8.71. The van der Waals surface area contributed by atoms with Gasteiger partial charge in [0.1, 0.15) is 13.1 Å². The second-order valence-electron chi connectivity index (χ2n) is 3.86. The highest BCUT2D eigenvalue weighted by Gasteiger charge is 2.35. The molecule has 2 N–H and O–H groups in total. The molecule has 0 aromatic rings. The highest BCUT2D eigenvalue weighted by molar-refractivity contribution is 5.80. The molecular formula is C10H17F3N2O4. The lowest BCUT2D eigenvalue weighted by Gasteiger charge is -2.29. The Morgan fingerprint density at radius 3 is 2.11 bits per heavy atom. The second-order valence-corrected chi connectivity index (χ2v) is 3.86. The molecule has 0 unspecified atom stereocenters. The van der Waals surface area contributed by atoms with Gasteiger partial charge in [-0.1, -0.05) is 6.92 Å². The predicted molar refractivity (Wildman–Crippen MR) is 59.6 cm³/mol. The Hall–Kier alpha value is -1.51. The van der Waals surface area contributed by atoms with Crippen LogP contribution < -0.4 is 0 Å². The van der Waals surface area contributed by atoms with Crippen molar-refractivity contribution < 1.29 is 33.0 Å². The molecule has 9 heteroatoms. The number of carboxylic acids is 1. The Balaban J connectivity index is 4.89. The van der Waals surface area contributed by atoms with Crippen molar-refractivity contribution in [2.24, 2.45) is 0 Å². The second kappa shape index (κ2) is 7.82. The van der Waals surface area contributed by atoms with Gasteiger partial charge in [-0.2, -0.15) is 13.2 Å². The summed E-state index contributed by atoms with van der Waals surface area (Å²) in [4.78, 5) is 23.5. The topological polar surface area (TPSA) is 81.1 Å². The van der Waals surface area contributed by atoms with E-state index in [1.54, 1.807) is 6.92 Å². The molecular weight excluding hydrogens is 269 g/mol. The van der Waals surface area contributed by atoms with Crippen molar-refractivity contribution in [1.82, 2.24) is 9.80 Å². The Labute approximate surface area is 108 Å². The van der Waals surface area contributed by atoms with Gasteiger partial charge in [0, 0.05) is 13.1 Å². The lowest BCUT2D eigenvalue weighted by Crippen LogP contribution is -2.49. The predicted octanol–water partition coefficient (Wildman–Crippen LogP) is 0.760. The van der Waals surface area contributed by atoms with E-state index in [1.165, 1.54) is 0 Å². The van der Waals surface area contributed by atoms with E-state index in [4.69, 9.17) is 10.2 Å². The van der Waals surface area contributed by atoms with E-state index in [9.17, 15) is 22.8 Å². The van der Waals surface area contributed by atoms with E-state index in [0.29, 0.717) is 6.42 Å². The van der Waals surface area contributed by atoms with Gasteiger partial charge in [-0.05, 0) is 6.42 Å². The van der Waals surface area contributed by atoms with Crippen LogP contribution in [0, 0.1) is 0 Å². The van der Waals surface area contributed by atoms with Crippen LogP contribution in [0.5, 0.6) is 0 Å². The molecule has 0 aromatic heterocycles. The molecule has 0 bridgehead atoms. The van der Waals surface area contributed by atoms with E-state index in [2.05, 4.69) is 0 Å². The van der Waals surface area contributed by atoms with Gasteiger partial charge >= 0.3 is 18.2 Å². The van der Waals surface area contributed by atoms with Gasteiger partial charge in [0.25, 0.3) is 0 Å². The first-order valence-electron chi connectivity index (χ1n) is 5.64. The van der Waals surface area contributed by atoms with Crippen LogP contribution in [0.2, 0.25) is 0 Å². The van der Waals surface area contributed by atoms with E-state index in [0.717, 1.165) is 4.90 Å². The first-order valence-corrected chi connectivity index (χ1v) is 5.64. The lowest BCUT2D eigenvalue weighted by atomic mass is 10.4. The average Bonchev–Trinajstić information content (AvgIpc) is 2.24. The zero-order chi connectivity index (χ0) is 15.1. The van der Waals surface area contributed by atoms with Crippen molar-refractivity contribution in [1.29, 1.82) is 0 Å². The number of aliphatic hydroxyl groups excluding tert-OH is 1. The molecule has 0 aliphatic rings. The van der Waals surface area contributed by atoms with Gasteiger partial charge in [-0.25, -0.2) is 4.79 Å². The number of hydrogen-bond donors (Lipinski definition) is 2. The minimum Gasteiger partial charge on any atom is -0.480 e. The molecule has 0 atom stereocenters. The van der Waals surface area contributed by atoms with Crippen LogP contribution in [0.15, 0.2) is 0 Å². The highest BCUT2D eigenvalue weighted by Crippen LogP contribution is 2.17. The Morgan fingerprint density at radius 2 is 1.74 bits per heavy atom. The summed E-state index contributed by atoms with van der Waals surface area (Å²) in [6, 6.07) is -1.05. The summed E-state index contributed by atoms with van der Waals surface area (Å²) in [6.07, 6.45) is -4.19. The van der Waals surface area contributed by atoms with E-state index in [-0.39, 0.29) is 18.0 Å². The van der Waals surface area contributed by atoms with Crippen molar-refractivity contribution in [3.63, 3.8) is 0 Å². The summed E-state index contributed by atoms with van der Waals surface area (Å²) >= 11 is 0. The molecule has 0 saturated carbocycles. The van der Waals surface area contributed by atoms with Gasteiger partial charge < -0.3 is 20.0 Å². The maximum absolute atomic E-state index is 12.3. The van der Waals surface area contributed by atoms with Crippen LogP contribution in [-0.4, -0.2) is 71.0 Å². The minimum atomic E-state index is -4.68. The molecule has 0 spiro atoms. The van der Waals surface area contributed by atoms with Crippen LogP contribution >= 0.6 is 0 Å². The van der Waals surface area contributed by atoms with E-state index in [1.807, 2.05) is 0 Å². The maximum atomic E-state index is 12.3. The fourth-order valence-electron chi connectivity index (χ4n) is 1.46. The largest absolute Gasteiger partial charge is 0.480 e. The van der Waals surface area contributed by atoms with Gasteiger partial charge in [0.15, 0.2) is 0 Å². The van der Waals surface area contributed by atoms with Crippen molar-refractivity contribution in [3.8, 4) is 0 Å². The van der Waals surface area contributed by atoms with Crippen LogP contribution in [0.1, 0.15) is 13.3 Å². The average molecular weight is 286 g/mol. The molecule has 0 saturated heterocycles. The van der Waals surface area contributed by atoms with Crippen molar-refractivity contribution in [3.05, 3.63) is 0 Å². The molecule has 0 rings (SSSR count). The number of amides is 2. The molecule has 0 aromatic carbocycles. The fraction of sp³-hybridized carbons (Fsp3) is 0.800. The molecule has 0 aliphatic heterocycles. The SMILES string of the molecule is CCCN(CCO)C(=O)N(CC(=O)O)CC(F)(F)F. The number of aliphatic carboxylic acids is 1. The number of carboxylic acid groups (broad SMARTS) is 1. The fourth-order valence-corrected chi connectivity index (χ4v) is 1.46. The molecule has 2 amide bonds. The Bertz CT molecular complexity index is 304. The molecule has 0 aliphatic carbocycles. The minimum absolute atomic E-state index is 0.138. The number of carbonyl (C=O) groups is 2. The number of urea groups is 1. The van der Waals surface area contributed by atoms with Gasteiger partial charge in [0.05, 0.1) is 6.61 Å². The third-order valence-corrected chi connectivity index (χ3v) is 2.10. The summed E-state index contributed by atoms with van der Waals surface area (Å²) in [7, 11) is 0. The van der Waals surface area contributed by atoms with Crippen molar-refractivity contribution in [2.75, 3.05) is 32.8 Å². The number of rotatable bonds is 7. The number of halogens is 3. The van der Waals surface area contributed by atoms with Crippen molar-refractivity contribution >= 4 is 12.0 Å². The number of aliphatic hydroxyl groups is 1. The molecule has 112 valence electrons. The smallest absolute Gasteiger partial charge is 0.406 e. The molecule has 0 radical (unpaired) electrons. The third kappa shape index (κ3) is 7.50. The number of alkyl halides is 3. The number of nitrogens with zero attached hydrogens (tertiary/aromatic N) is 2. The normalized spacial score (nSPS) is 11.2. The summed E-state index contributed by atoms with van der Waals surface area (Å²) in [5.74, 6) is -1.53. The lowest BCUT2D eigenvalue weighted by molar-refractivity contribution is -0.149. The van der Waals surface area contributed by atoms with Crippen LogP contribution in [0.4, 0.5) is 18.0 Å². The molecule has 0 fully saturated rings. The zero-order valence-corrected chi connectivity index (χ0v) is 10.5. The molecule has 0 heterocycles. The zero-order valence-electron chi connectivity index (χ0n) is 10.5. The van der Waals surface area contributed by atoms with Gasteiger partial charge in [0.2, 0.25) is 0 Å². The maximum Gasteiger partial charge on any atom is 0.406 e. The summed E-state index contributed by atoms with van der Waals surface area (Å²) < 4.78 is 36.9. The summed E-state index contributed by atoms with van der Waals surface area (Å²) in [5.41, 5.74) is 0. The Morgan fingerprint density at radius 1 is 1.16 bits per heavy atom. The van der Waals surface area contributed by atoms with Crippen LogP contribution in [0.3, 0.4) is 0 Å². The molecule has 19 heavy (non-hydrogen) atoms. The molecule has 6 nitrogen and oxygen atoms in total. The van der Waals surface area contributed by atoms with Crippen LogP contribution in [-0.2, 0) is 4.79 Å². The van der Waals surface area contributed by atoms with Gasteiger partial charge in [-0.15, -0.1) is 0 Å². The Kier molecular flexibility index (Phi) is 7.20. The van der Waals surface area contributed by atoms with E-state index >= 15 is 0 Å². The summed E-state index contributed by atoms with van der Waals surface area (Å²) in [5, 5.41) is 17.3. The summed E-state index contributed by atoms with van der Waals surface area (Å²) in [6.45, 7) is -1.36. The van der Waals surface area contributed by atoms with E-state index < -0.39 is 37.9 Å². The monoisotopic (exact) mass is 286 g/mol. The quantitative estimate of drug-likeness (QED) is 0.724. The number of carbonyl (C=O) groups excluding carboxylic acids is 1.